The average Bonchev–Trinajstić information content (AvgIpc) is 2.55. The van der Waals surface area contributed by atoms with E-state index < -0.39 is 0 Å². The van der Waals surface area contributed by atoms with Crippen LogP contribution in [0.25, 0.3) is 0 Å². The summed E-state index contributed by atoms with van der Waals surface area (Å²) in [7, 11) is 2.23. The number of hydrogen-bond donors (Lipinski definition) is 0. The molecule has 21 heavy (non-hydrogen) atoms. The van der Waals surface area contributed by atoms with Crippen LogP contribution in [0.3, 0.4) is 0 Å². The zero-order valence-electron chi connectivity index (χ0n) is 13.5. The van der Waals surface area contributed by atoms with Crippen LogP contribution in [0.4, 0.5) is 0 Å². The SMILES string of the molecule is CCN(C)C1CCc2ccccc2C1.Cc1ccccc1. The third kappa shape index (κ3) is 4.71. The van der Waals surface area contributed by atoms with Gasteiger partial charge in [0.2, 0.25) is 0 Å². The molecule has 2 aromatic carbocycles. The number of benzene rings is 2. The second kappa shape index (κ2) is 7.99. The lowest BCUT2D eigenvalue weighted by Crippen LogP contribution is -2.36. The first-order valence-electron chi connectivity index (χ1n) is 7.99. The maximum absolute atomic E-state index is 2.47. The van der Waals surface area contributed by atoms with Gasteiger partial charge in [0.05, 0.1) is 0 Å². The Hall–Kier alpha value is -1.60. The van der Waals surface area contributed by atoms with Gasteiger partial charge in [-0.3, -0.25) is 0 Å². The van der Waals surface area contributed by atoms with E-state index in [1.54, 1.807) is 11.1 Å². The van der Waals surface area contributed by atoms with Crippen molar-refractivity contribution in [3.63, 3.8) is 0 Å². The van der Waals surface area contributed by atoms with Crippen LogP contribution in [0.2, 0.25) is 0 Å². The van der Waals surface area contributed by atoms with E-state index >= 15 is 0 Å². The summed E-state index contributed by atoms with van der Waals surface area (Å²) in [4.78, 5) is 2.47. The Morgan fingerprint density at radius 2 is 1.57 bits per heavy atom. The number of fused-ring (bicyclic) bond motifs is 1. The quantitative estimate of drug-likeness (QED) is 0.784. The summed E-state index contributed by atoms with van der Waals surface area (Å²) >= 11 is 0. The lowest BCUT2D eigenvalue weighted by atomic mass is 9.88. The fourth-order valence-corrected chi connectivity index (χ4v) is 2.85. The number of aryl methyl sites for hydroxylation is 2. The summed E-state index contributed by atoms with van der Waals surface area (Å²) in [6.45, 7) is 5.48. The van der Waals surface area contributed by atoms with Gasteiger partial charge in [-0.2, -0.15) is 0 Å². The van der Waals surface area contributed by atoms with E-state index in [9.17, 15) is 0 Å². The molecule has 0 saturated carbocycles. The molecule has 0 spiro atoms. The van der Waals surface area contributed by atoms with Crippen LogP contribution in [-0.2, 0) is 12.8 Å². The largest absolute Gasteiger partial charge is 0.303 e. The number of hydrogen-bond acceptors (Lipinski definition) is 1. The molecular formula is C20H27N. The minimum atomic E-state index is 0.759. The summed E-state index contributed by atoms with van der Waals surface area (Å²) in [5, 5.41) is 0. The number of likely N-dealkylation sites (N-methyl/N-ethyl adjacent to an activating group) is 1. The van der Waals surface area contributed by atoms with Crippen molar-refractivity contribution in [2.45, 2.75) is 39.2 Å². The second-order valence-electron chi connectivity index (χ2n) is 5.89. The smallest absolute Gasteiger partial charge is 0.0136 e. The summed E-state index contributed by atoms with van der Waals surface area (Å²) in [5.74, 6) is 0. The molecule has 0 aromatic heterocycles. The van der Waals surface area contributed by atoms with Crippen LogP contribution < -0.4 is 0 Å². The van der Waals surface area contributed by atoms with Crippen molar-refractivity contribution < 1.29 is 0 Å². The van der Waals surface area contributed by atoms with Crippen LogP contribution in [0.15, 0.2) is 54.6 Å². The minimum absolute atomic E-state index is 0.759. The normalized spacial score (nSPS) is 16.9. The predicted molar refractivity (Wildman–Crippen MR) is 91.7 cm³/mol. The topological polar surface area (TPSA) is 3.24 Å². The van der Waals surface area contributed by atoms with E-state index in [0.717, 1.165) is 12.6 Å². The molecule has 3 rings (SSSR count). The molecule has 1 unspecified atom stereocenters. The van der Waals surface area contributed by atoms with E-state index in [0.29, 0.717) is 0 Å². The van der Waals surface area contributed by atoms with E-state index in [4.69, 9.17) is 0 Å². The van der Waals surface area contributed by atoms with Gasteiger partial charge < -0.3 is 4.90 Å². The van der Waals surface area contributed by atoms with Crippen molar-refractivity contribution in [2.24, 2.45) is 0 Å². The second-order valence-corrected chi connectivity index (χ2v) is 5.89. The van der Waals surface area contributed by atoms with Crippen molar-refractivity contribution in [2.75, 3.05) is 13.6 Å². The van der Waals surface area contributed by atoms with Crippen LogP contribution in [0.5, 0.6) is 0 Å². The molecule has 0 aliphatic heterocycles. The third-order valence-electron chi connectivity index (χ3n) is 4.38. The molecule has 0 N–H and O–H groups in total. The van der Waals surface area contributed by atoms with Gasteiger partial charge in [0, 0.05) is 6.04 Å². The molecule has 0 radical (unpaired) electrons. The molecule has 0 heterocycles. The highest BCUT2D eigenvalue weighted by Gasteiger charge is 2.20. The molecular weight excluding hydrogens is 254 g/mol. The van der Waals surface area contributed by atoms with Crippen LogP contribution in [0, 0.1) is 6.92 Å². The monoisotopic (exact) mass is 281 g/mol. The van der Waals surface area contributed by atoms with Crippen molar-refractivity contribution in [3.8, 4) is 0 Å². The first kappa shape index (κ1) is 15.8. The highest BCUT2D eigenvalue weighted by Crippen LogP contribution is 2.23. The van der Waals surface area contributed by atoms with Crippen LogP contribution in [0.1, 0.15) is 30.0 Å². The van der Waals surface area contributed by atoms with Gasteiger partial charge in [-0.15, -0.1) is 0 Å². The maximum atomic E-state index is 2.47. The van der Waals surface area contributed by atoms with Crippen molar-refractivity contribution >= 4 is 0 Å². The van der Waals surface area contributed by atoms with Gasteiger partial charge in [0.1, 0.15) is 0 Å². The minimum Gasteiger partial charge on any atom is -0.303 e. The van der Waals surface area contributed by atoms with Gasteiger partial charge in [0.15, 0.2) is 0 Å². The molecule has 0 fully saturated rings. The molecule has 0 bridgehead atoms. The van der Waals surface area contributed by atoms with Gasteiger partial charge in [-0.05, 0) is 50.9 Å². The standard InChI is InChI=1S/C13H19N.C7H8/c1-3-14(2)13-9-8-11-6-4-5-7-12(11)10-13;1-7-5-3-2-4-6-7/h4-7,13H,3,8-10H2,1-2H3;2-6H,1H3. The van der Waals surface area contributed by atoms with Gasteiger partial charge in [0.25, 0.3) is 0 Å². The van der Waals surface area contributed by atoms with Crippen molar-refractivity contribution in [1.29, 1.82) is 0 Å². The molecule has 1 aliphatic carbocycles. The molecule has 112 valence electrons. The van der Waals surface area contributed by atoms with E-state index in [1.165, 1.54) is 24.8 Å². The molecule has 1 atom stereocenters. The lowest BCUT2D eigenvalue weighted by Gasteiger charge is -2.31. The van der Waals surface area contributed by atoms with E-state index in [2.05, 4.69) is 62.2 Å². The molecule has 1 aliphatic rings. The summed E-state index contributed by atoms with van der Waals surface area (Å²) in [6, 6.07) is 19.9. The Bertz CT molecular complexity index is 533. The fraction of sp³-hybridized carbons (Fsp3) is 0.400. The lowest BCUT2D eigenvalue weighted by molar-refractivity contribution is 0.233. The van der Waals surface area contributed by atoms with E-state index in [-0.39, 0.29) is 0 Å². The summed E-state index contributed by atoms with van der Waals surface area (Å²) < 4.78 is 0. The van der Waals surface area contributed by atoms with Gasteiger partial charge >= 0.3 is 0 Å². The Balaban J connectivity index is 0.000000194. The molecule has 2 aromatic rings. The predicted octanol–water partition coefficient (Wildman–Crippen LogP) is 4.49. The number of nitrogens with zero attached hydrogens (tertiary/aromatic N) is 1. The van der Waals surface area contributed by atoms with Crippen molar-refractivity contribution in [3.05, 3.63) is 71.3 Å². The molecule has 0 amide bonds. The fourth-order valence-electron chi connectivity index (χ4n) is 2.85. The first-order valence-corrected chi connectivity index (χ1v) is 7.99. The first-order chi connectivity index (χ1) is 10.2. The maximum Gasteiger partial charge on any atom is 0.0136 e. The third-order valence-corrected chi connectivity index (χ3v) is 4.38. The Kier molecular flexibility index (Phi) is 6.01. The highest BCUT2D eigenvalue weighted by molar-refractivity contribution is 5.30. The van der Waals surface area contributed by atoms with E-state index in [1.807, 2.05) is 18.2 Å². The highest BCUT2D eigenvalue weighted by atomic mass is 15.1. The Morgan fingerprint density at radius 3 is 2.14 bits per heavy atom. The molecule has 1 nitrogen and oxygen atoms in total. The van der Waals surface area contributed by atoms with Gasteiger partial charge in [-0.25, -0.2) is 0 Å². The van der Waals surface area contributed by atoms with Crippen LogP contribution >= 0.6 is 0 Å². The molecule has 0 saturated heterocycles. The zero-order chi connectivity index (χ0) is 15.1. The summed E-state index contributed by atoms with van der Waals surface area (Å²) in [5.41, 5.74) is 4.44. The zero-order valence-corrected chi connectivity index (χ0v) is 13.5. The van der Waals surface area contributed by atoms with Gasteiger partial charge in [-0.1, -0.05) is 67.1 Å². The molecule has 1 heteroatoms. The Labute approximate surface area is 129 Å². The Morgan fingerprint density at radius 1 is 0.952 bits per heavy atom. The summed E-state index contributed by atoms with van der Waals surface area (Å²) in [6.07, 6.45) is 3.81. The van der Waals surface area contributed by atoms with Crippen LogP contribution in [-0.4, -0.2) is 24.5 Å². The average molecular weight is 281 g/mol. The van der Waals surface area contributed by atoms with Crippen molar-refractivity contribution in [1.82, 2.24) is 4.90 Å². The number of rotatable bonds is 2.